The van der Waals surface area contributed by atoms with E-state index in [-0.39, 0.29) is 18.4 Å². The quantitative estimate of drug-likeness (QED) is 0.771. The normalized spacial score (nSPS) is 16.8. The minimum Gasteiger partial charge on any atom is -0.490 e. The van der Waals surface area contributed by atoms with E-state index in [2.05, 4.69) is 5.32 Å². The van der Waals surface area contributed by atoms with Crippen LogP contribution in [-0.2, 0) is 16.1 Å². The Hall–Kier alpha value is -1.59. The number of carbonyl (C=O) groups is 1. The molecule has 1 unspecified atom stereocenters. The molecule has 23 heavy (non-hydrogen) atoms. The predicted octanol–water partition coefficient (Wildman–Crippen LogP) is 2.38. The molecule has 0 saturated heterocycles. The molecule has 5 heteroatoms. The van der Waals surface area contributed by atoms with E-state index in [1.165, 1.54) is 19.3 Å². The van der Waals surface area contributed by atoms with Crippen LogP contribution in [0.1, 0.15) is 44.1 Å². The topological polar surface area (TPSA) is 73.6 Å². The van der Waals surface area contributed by atoms with Crippen LogP contribution in [0.2, 0.25) is 0 Å². The molecule has 0 aliphatic heterocycles. The zero-order valence-corrected chi connectivity index (χ0v) is 13.9. The van der Waals surface area contributed by atoms with Gasteiger partial charge in [0.25, 0.3) is 0 Å². The van der Waals surface area contributed by atoms with E-state index in [4.69, 9.17) is 15.2 Å². The van der Waals surface area contributed by atoms with Crippen LogP contribution in [0.25, 0.3) is 0 Å². The van der Waals surface area contributed by atoms with Crippen LogP contribution in [0.3, 0.4) is 0 Å². The van der Waals surface area contributed by atoms with Crippen LogP contribution in [0.4, 0.5) is 0 Å². The number of ether oxygens (including phenoxy) is 2. The van der Waals surface area contributed by atoms with Crippen molar-refractivity contribution < 1.29 is 14.3 Å². The Balaban J connectivity index is 1.75. The number of carbonyl (C=O) groups excluding carboxylic acids is 1. The van der Waals surface area contributed by atoms with Crippen molar-refractivity contribution in [2.24, 2.45) is 5.73 Å². The molecule has 0 aromatic heterocycles. The Morgan fingerprint density at radius 1 is 1.26 bits per heavy atom. The monoisotopic (exact) mass is 320 g/mol. The van der Waals surface area contributed by atoms with Gasteiger partial charge in [-0.05, 0) is 43.4 Å². The highest BCUT2D eigenvalue weighted by Gasteiger charge is 2.15. The van der Waals surface area contributed by atoms with Crippen LogP contribution in [-0.4, -0.2) is 31.8 Å². The Morgan fingerprint density at radius 2 is 1.96 bits per heavy atom. The van der Waals surface area contributed by atoms with Crippen molar-refractivity contribution in [3.63, 3.8) is 0 Å². The summed E-state index contributed by atoms with van der Waals surface area (Å²) in [7, 11) is 1.57. The Morgan fingerprint density at radius 3 is 2.57 bits per heavy atom. The van der Waals surface area contributed by atoms with Gasteiger partial charge in [0, 0.05) is 20.2 Å². The van der Waals surface area contributed by atoms with Crippen molar-refractivity contribution in [1.29, 1.82) is 0 Å². The van der Waals surface area contributed by atoms with Crippen molar-refractivity contribution in [2.75, 3.05) is 13.7 Å². The standard InChI is InChI=1S/C18H28N2O3/c1-22-17(12-19)11-18(21)20-13-14-7-9-16(10-8-14)23-15-5-3-2-4-6-15/h7-10,15,17H,2-6,11-13,19H2,1H3,(H,20,21). The molecule has 1 aliphatic carbocycles. The number of benzene rings is 1. The lowest BCUT2D eigenvalue weighted by molar-refractivity contribution is -0.123. The van der Waals surface area contributed by atoms with Gasteiger partial charge in [-0.1, -0.05) is 18.6 Å². The molecule has 0 spiro atoms. The summed E-state index contributed by atoms with van der Waals surface area (Å²) in [5.74, 6) is 0.861. The second-order valence-corrected chi connectivity index (χ2v) is 6.10. The van der Waals surface area contributed by atoms with Crippen LogP contribution < -0.4 is 15.8 Å². The fourth-order valence-corrected chi connectivity index (χ4v) is 2.80. The minimum atomic E-state index is -0.221. The zero-order chi connectivity index (χ0) is 16.5. The molecule has 1 fully saturated rings. The first-order chi connectivity index (χ1) is 11.2. The van der Waals surface area contributed by atoms with Gasteiger partial charge < -0.3 is 20.5 Å². The largest absolute Gasteiger partial charge is 0.490 e. The maximum absolute atomic E-state index is 11.8. The van der Waals surface area contributed by atoms with Crippen LogP contribution >= 0.6 is 0 Å². The van der Waals surface area contributed by atoms with Crippen molar-refractivity contribution in [1.82, 2.24) is 5.32 Å². The fourth-order valence-electron chi connectivity index (χ4n) is 2.80. The van der Waals surface area contributed by atoms with Gasteiger partial charge in [-0.25, -0.2) is 0 Å². The van der Waals surface area contributed by atoms with E-state index in [0.29, 0.717) is 19.2 Å². The van der Waals surface area contributed by atoms with E-state index in [0.717, 1.165) is 24.2 Å². The van der Waals surface area contributed by atoms with Gasteiger partial charge in [0.05, 0.1) is 18.6 Å². The molecular formula is C18H28N2O3. The molecule has 1 aromatic rings. The fraction of sp³-hybridized carbons (Fsp3) is 0.611. The number of amides is 1. The third kappa shape index (κ3) is 6.20. The van der Waals surface area contributed by atoms with Crippen molar-refractivity contribution >= 4 is 5.91 Å². The summed E-state index contributed by atoms with van der Waals surface area (Å²) in [6.45, 7) is 0.848. The molecule has 2 rings (SSSR count). The van der Waals surface area contributed by atoms with E-state index in [1.807, 2.05) is 24.3 Å². The first-order valence-corrected chi connectivity index (χ1v) is 8.46. The number of nitrogens with two attached hydrogens (primary N) is 1. The highest BCUT2D eigenvalue weighted by molar-refractivity contribution is 5.76. The van der Waals surface area contributed by atoms with Gasteiger partial charge in [-0.2, -0.15) is 0 Å². The summed E-state index contributed by atoms with van der Waals surface area (Å²) < 4.78 is 11.1. The minimum absolute atomic E-state index is 0.0511. The van der Waals surface area contributed by atoms with Gasteiger partial charge in [0.15, 0.2) is 0 Å². The third-order valence-electron chi connectivity index (χ3n) is 4.28. The van der Waals surface area contributed by atoms with Crippen molar-refractivity contribution in [3.05, 3.63) is 29.8 Å². The van der Waals surface area contributed by atoms with Gasteiger partial charge in [0.2, 0.25) is 5.91 Å². The number of hydrogen-bond donors (Lipinski definition) is 2. The molecular weight excluding hydrogens is 292 g/mol. The maximum Gasteiger partial charge on any atom is 0.222 e. The van der Waals surface area contributed by atoms with Gasteiger partial charge in [-0.15, -0.1) is 0 Å². The van der Waals surface area contributed by atoms with E-state index < -0.39 is 0 Å². The van der Waals surface area contributed by atoms with Crippen LogP contribution in [0, 0.1) is 0 Å². The molecule has 5 nitrogen and oxygen atoms in total. The lowest BCUT2D eigenvalue weighted by Crippen LogP contribution is -2.31. The molecule has 1 saturated carbocycles. The summed E-state index contributed by atoms with van der Waals surface area (Å²) in [5.41, 5.74) is 6.57. The highest BCUT2D eigenvalue weighted by atomic mass is 16.5. The lowest BCUT2D eigenvalue weighted by Gasteiger charge is -2.23. The number of rotatable bonds is 8. The molecule has 128 valence electrons. The lowest BCUT2D eigenvalue weighted by atomic mass is 9.98. The summed E-state index contributed by atoms with van der Waals surface area (Å²) in [6, 6.07) is 7.95. The summed E-state index contributed by atoms with van der Waals surface area (Å²) in [6.07, 6.45) is 6.58. The summed E-state index contributed by atoms with van der Waals surface area (Å²) >= 11 is 0. The summed E-state index contributed by atoms with van der Waals surface area (Å²) in [5, 5.41) is 2.88. The highest BCUT2D eigenvalue weighted by Crippen LogP contribution is 2.23. The van der Waals surface area contributed by atoms with Crippen LogP contribution in [0.5, 0.6) is 5.75 Å². The molecule has 1 atom stereocenters. The Bertz CT molecular complexity index is 466. The predicted molar refractivity (Wildman–Crippen MR) is 90.3 cm³/mol. The Labute approximate surface area is 138 Å². The van der Waals surface area contributed by atoms with E-state index >= 15 is 0 Å². The van der Waals surface area contributed by atoms with Crippen molar-refractivity contribution in [2.45, 2.75) is 57.3 Å². The maximum atomic E-state index is 11.8. The molecule has 0 heterocycles. The Kier molecular flexibility index (Phi) is 7.36. The van der Waals surface area contributed by atoms with Crippen LogP contribution in [0.15, 0.2) is 24.3 Å². The molecule has 1 amide bonds. The van der Waals surface area contributed by atoms with Gasteiger partial charge in [0.1, 0.15) is 5.75 Å². The first-order valence-electron chi connectivity index (χ1n) is 8.46. The molecule has 1 aromatic carbocycles. The molecule has 1 aliphatic rings. The van der Waals surface area contributed by atoms with Gasteiger partial charge in [-0.3, -0.25) is 4.79 Å². The average Bonchev–Trinajstić information content (AvgIpc) is 2.60. The second kappa shape index (κ2) is 9.53. The first kappa shape index (κ1) is 17.8. The SMILES string of the molecule is COC(CN)CC(=O)NCc1ccc(OC2CCCCC2)cc1. The van der Waals surface area contributed by atoms with E-state index in [1.54, 1.807) is 7.11 Å². The molecule has 0 bridgehead atoms. The zero-order valence-electron chi connectivity index (χ0n) is 13.9. The smallest absolute Gasteiger partial charge is 0.222 e. The number of hydrogen-bond acceptors (Lipinski definition) is 4. The van der Waals surface area contributed by atoms with E-state index in [9.17, 15) is 4.79 Å². The number of methoxy groups -OCH3 is 1. The average molecular weight is 320 g/mol. The van der Waals surface area contributed by atoms with Crippen molar-refractivity contribution in [3.8, 4) is 5.75 Å². The molecule has 0 radical (unpaired) electrons. The second-order valence-electron chi connectivity index (χ2n) is 6.10. The van der Waals surface area contributed by atoms with Gasteiger partial charge >= 0.3 is 0 Å². The third-order valence-corrected chi connectivity index (χ3v) is 4.28. The summed E-state index contributed by atoms with van der Waals surface area (Å²) in [4.78, 5) is 11.8. The number of nitrogens with one attached hydrogen (secondary N) is 1. The molecule has 3 N–H and O–H groups in total.